The molecule has 1 fully saturated rings. The van der Waals surface area contributed by atoms with Crippen molar-refractivity contribution in [2.45, 2.75) is 19.4 Å². The van der Waals surface area contributed by atoms with Crippen LogP contribution in [0.2, 0.25) is 0 Å². The maximum absolute atomic E-state index is 13.9. The predicted molar refractivity (Wildman–Crippen MR) is 117 cm³/mol. The van der Waals surface area contributed by atoms with Crippen LogP contribution in [0.15, 0.2) is 78.9 Å². The highest BCUT2D eigenvalue weighted by atomic mass is 19.1. The van der Waals surface area contributed by atoms with Crippen molar-refractivity contribution in [2.24, 2.45) is 5.92 Å². The van der Waals surface area contributed by atoms with Gasteiger partial charge >= 0.3 is 0 Å². The van der Waals surface area contributed by atoms with Gasteiger partial charge in [-0.1, -0.05) is 48.5 Å². The molecule has 1 aliphatic rings. The highest BCUT2D eigenvalue weighted by molar-refractivity contribution is 5.31. The van der Waals surface area contributed by atoms with Gasteiger partial charge in [0, 0.05) is 13.1 Å². The van der Waals surface area contributed by atoms with Crippen LogP contribution in [0.25, 0.3) is 0 Å². The van der Waals surface area contributed by atoms with Gasteiger partial charge in [-0.3, -0.25) is 4.90 Å². The summed E-state index contributed by atoms with van der Waals surface area (Å²) in [6.07, 6.45) is 1.93. The molecule has 0 saturated carbocycles. The number of hydrogen-bond donors (Lipinski definition) is 0. The van der Waals surface area contributed by atoms with E-state index in [1.165, 1.54) is 0 Å². The standard InChI is InChI=1S/C26H28FNO2/c27-26-9-5-4-8-23(26)18-22-14-15-28(19-22)16-17-29-24-10-12-25(13-11-24)30-20-21-6-2-1-3-7-21/h1-13,22H,14-20H2. The minimum atomic E-state index is -0.0875. The Kier molecular flexibility index (Phi) is 6.99. The van der Waals surface area contributed by atoms with E-state index in [9.17, 15) is 4.39 Å². The van der Waals surface area contributed by atoms with Crippen molar-refractivity contribution in [2.75, 3.05) is 26.2 Å². The monoisotopic (exact) mass is 405 g/mol. The summed E-state index contributed by atoms with van der Waals surface area (Å²) in [6, 6.07) is 25.0. The van der Waals surface area contributed by atoms with E-state index < -0.39 is 0 Å². The lowest BCUT2D eigenvalue weighted by atomic mass is 9.98. The quantitative estimate of drug-likeness (QED) is 0.479. The van der Waals surface area contributed by atoms with Gasteiger partial charge in [0.05, 0.1) is 0 Å². The fourth-order valence-corrected chi connectivity index (χ4v) is 3.92. The number of ether oxygens (including phenoxy) is 2. The Bertz CT molecular complexity index is 914. The molecule has 3 aromatic rings. The highest BCUT2D eigenvalue weighted by Gasteiger charge is 2.23. The van der Waals surface area contributed by atoms with Gasteiger partial charge in [-0.05, 0) is 66.8 Å². The third kappa shape index (κ3) is 5.83. The summed E-state index contributed by atoms with van der Waals surface area (Å²) >= 11 is 0. The molecule has 1 atom stereocenters. The van der Waals surface area contributed by atoms with Crippen LogP contribution in [0.5, 0.6) is 11.5 Å². The summed E-state index contributed by atoms with van der Waals surface area (Å²) in [4.78, 5) is 2.41. The van der Waals surface area contributed by atoms with Gasteiger partial charge in [-0.25, -0.2) is 4.39 Å². The molecule has 4 rings (SSSR count). The van der Waals surface area contributed by atoms with Gasteiger partial charge < -0.3 is 9.47 Å². The average Bonchev–Trinajstić information content (AvgIpc) is 3.23. The van der Waals surface area contributed by atoms with Crippen molar-refractivity contribution >= 4 is 0 Å². The van der Waals surface area contributed by atoms with Gasteiger partial charge in [0.15, 0.2) is 0 Å². The van der Waals surface area contributed by atoms with Crippen molar-refractivity contribution in [3.63, 3.8) is 0 Å². The summed E-state index contributed by atoms with van der Waals surface area (Å²) in [7, 11) is 0. The molecule has 1 aliphatic heterocycles. The maximum Gasteiger partial charge on any atom is 0.126 e. The lowest BCUT2D eigenvalue weighted by Gasteiger charge is -2.17. The summed E-state index contributed by atoms with van der Waals surface area (Å²) in [5.41, 5.74) is 1.98. The molecule has 0 aromatic heterocycles. The van der Waals surface area contributed by atoms with Gasteiger partial charge in [-0.2, -0.15) is 0 Å². The van der Waals surface area contributed by atoms with E-state index in [2.05, 4.69) is 17.0 Å². The van der Waals surface area contributed by atoms with Gasteiger partial charge in [0.25, 0.3) is 0 Å². The van der Waals surface area contributed by atoms with Gasteiger partial charge in [-0.15, -0.1) is 0 Å². The van der Waals surface area contributed by atoms with Crippen LogP contribution in [-0.2, 0) is 13.0 Å². The van der Waals surface area contributed by atoms with E-state index >= 15 is 0 Å². The summed E-state index contributed by atoms with van der Waals surface area (Å²) < 4.78 is 25.6. The Balaban J connectivity index is 1.16. The fourth-order valence-electron chi connectivity index (χ4n) is 3.92. The third-order valence-corrected chi connectivity index (χ3v) is 5.58. The van der Waals surface area contributed by atoms with E-state index in [-0.39, 0.29) is 5.82 Å². The van der Waals surface area contributed by atoms with Crippen LogP contribution < -0.4 is 9.47 Å². The number of nitrogens with zero attached hydrogens (tertiary/aromatic N) is 1. The molecule has 0 N–H and O–H groups in total. The van der Waals surface area contributed by atoms with E-state index in [0.717, 1.165) is 55.1 Å². The number of likely N-dealkylation sites (tertiary alicyclic amines) is 1. The second-order valence-electron chi connectivity index (χ2n) is 7.84. The molecule has 1 saturated heterocycles. The van der Waals surface area contributed by atoms with Crippen molar-refractivity contribution in [1.29, 1.82) is 0 Å². The SMILES string of the molecule is Fc1ccccc1CC1CCN(CCOc2ccc(OCc3ccccc3)cc2)C1. The first-order chi connectivity index (χ1) is 14.8. The smallest absolute Gasteiger partial charge is 0.126 e. The van der Waals surface area contributed by atoms with Crippen molar-refractivity contribution in [3.05, 3.63) is 95.8 Å². The van der Waals surface area contributed by atoms with E-state index in [4.69, 9.17) is 9.47 Å². The first-order valence-electron chi connectivity index (χ1n) is 10.6. The number of halogens is 1. The zero-order valence-electron chi connectivity index (χ0n) is 17.2. The molecule has 3 nitrogen and oxygen atoms in total. The second-order valence-corrected chi connectivity index (χ2v) is 7.84. The lowest BCUT2D eigenvalue weighted by molar-refractivity contribution is 0.232. The molecular formula is C26H28FNO2. The molecule has 0 amide bonds. The molecule has 0 spiro atoms. The predicted octanol–water partition coefficient (Wildman–Crippen LogP) is 5.35. The zero-order chi connectivity index (χ0) is 20.6. The Labute approximate surface area is 178 Å². The first kappa shape index (κ1) is 20.4. The Morgan fingerprint density at radius 2 is 1.53 bits per heavy atom. The minimum absolute atomic E-state index is 0.0875. The maximum atomic E-state index is 13.9. The number of rotatable bonds is 9. The third-order valence-electron chi connectivity index (χ3n) is 5.58. The molecule has 0 bridgehead atoms. The van der Waals surface area contributed by atoms with Crippen molar-refractivity contribution in [1.82, 2.24) is 4.90 Å². The zero-order valence-corrected chi connectivity index (χ0v) is 17.2. The van der Waals surface area contributed by atoms with Gasteiger partial charge in [0.1, 0.15) is 30.5 Å². The normalized spacial score (nSPS) is 16.5. The van der Waals surface area contributed by atoms with Crippen LogP contribution >= 0.6 is 0 Å². The van der Waals surface area contributed by atoms with E-state index in [0.29, 0.717) is 19.1 Å². The molecule has 4 heteroatoms. The van der Waals surface area contributed by atoms with Crippen LogP contribution in [-0.4, -0.2) is 31.1 Å². The van der Waals surface area contributed by atoms with Crippen molar-refractivity contribution < 1.29 is 13.9 Å². The molecule has 0 aliphatic carbocycles. The molecule has 3 aromatic carbocycles. The Morgan fingerprint density at radius 3 is 2.30 bits per heavy atom. The minimum Gasteiger partial charge on any atom is -0.492 e. The molecule has 156 valence electrons. The summed E-state index contributed by atoms with van der Waals surface area (Å²) in [6.45, 7) is 4.15. The number of hydrogen-bond acceptors (Lipinski definition) is 3. The fraction of sp³-hybridized carbons (Fsp3) is 0.308. The van der Waals surface area contributed by atoms with Gasteiger partial charge in [0.2, 0.25) is 0 Å². The molecule has 1 unspecified atom stereocenters. The van der Waals surface area contributed by atoms with E-state index in [1.54, 1.807) is 12.1 Å². The largest absolute Gasteiger partial charge is 0.492 e. The number of benzene rings is 3. The van der Waals surface area contributed by atoms with Crippen LogP contribution in [0.4, 0.5) is 4.39 Å². The van der Waals surface area contributed by atoms with Crippen LogP contribution in [0, 0.1) is 11.7 Å². The summed E-state index contributed by atoms with van der Waals surface area (Å²) in [5, 5.41) is 0. The first-order valence-corrected chi connectivity index (χ1v) is 10.6. The molecule has 30 heavy (non-hydrogen) atoms. The lowest BCUT2D eigenvalue weighted by Crippen LogP contribution is -2.26. The highest BCUT2D eigenvalue weighted by Crippen LogP contribution is 2.23. The Hall–Kier alpha value is -2.85. The molecule has 0 radical (unpaired) electrons. The van der Waals surface area contributed by atoms with Crippen LogP contribution in [0.1, 0.15) is 17.5 Å². The van der Waals surface area contributed by atoms with Crippen molar-refractivity contribution in [3.8, 4) is 11.5 Å². The van der Waals surface area contributed by atoms with Crippen LogP contribution in [0.3, 0.4) is 0 Å². The average molecular weight is 406 g/mol. The topological polar surface area (TPSA) is 21.7 Å². The second kappa shape index (κ2) is 10.3. The molecular weight excluding hydrogens is 377 g/mol. The Morgan fingerprint density at radius 1 is 0.833 bits per heavy atom. The summed E-state index contributed by atoms with van der Waals surface area (Å²) in [5.74, 6) is 2.12. The van der Waals surface area contributed by atoms with E-state index in [1.807, 2.05) is 54.6 Å². The molecule has 1 heterocycles.